The van der Waals surface area contributed by atoms with Crippen LogP contribution in [0, 0.1) is 0 Å². The highest BCUT2D eigenvalue weighted by atomic mass is 16.5. The van der Waals surface area contributed by atoms with Crippen molar-refractivity contribution in [3.63, 3.8) is 0 Å². The zero-order chi connectivity index (χ0) is 20.2. The molecule has 2 aromatic carbocycles. The Kier molecular flexibility index (Phi) is 5.37. The second-order valence-corrected chi connectivity index (χ2v) is 7.01. The maximum atomic E-state index is 12.7. The van der Waals surface area contributed by atoms with Gasteiger partial charge in [-0.3, -0.25) is 4.79 Å². The van der Waals surface area contributed by atoms with Gasteiger partial charge in [0.05, 0.1) is 12.7 Å². The lowest BCUT2D eigenvalue weighted by atomic mass is 10.1. The highest BCUT2D eigenvalue weighted by Gasteiger charge is 2.17. The summed E-state index contributed by atoms with van der Waals surface area (Å²) in [5.41, 5.74) is 2.28. The number of amides is 1. The first-order valence-electron chi connectivity index (χ1n) is 9.68. The van der Waals surface area contributed by atoms with Gasteiger partial charge in [0.25, 0.3) is 5.91 Å². The van der Waals surface area contributed by atoms with Crippen LogP contribution in [0.15, 0.2) is 48.5 Å². The summed E-state index contributed by atoms with van der Waals surface area (Å²) in [5.74, 6) is 1.07. The van der Waals surface area contributed by atoms with Crippen LogP contribution in [-0.2, 0) is 17.7 Å². The molecule has 148 valence electrons. The van der Waals surface area contributed by atoms with Crippen molar-refractivity contribution in [3.8, 4) is 11.4 Å². The number of carbonyl (C=O) groups excluding carboxylic acids is 2. The van der Waals surface area contributed by atoms with Crippen LogP contribution in [0.5, 0.6) is 0 Å². The van der Waals surface area contributed by atoms with Gasteiger partial charge in [-0.1, -0.05) is 24.6 Å². The van der Waals surface area contributed by atoms with Gasteiger partial charge in [0.1, 0.15) is 5.82 Å². The minimum Gasteiger partial charge on any atom is -0.465 e. The average Bonchev–Trinajstić information content (AvgIpc) is 3.01. The molecule has 0 saturated carbocycles. The second kappa shape index (κ2) is 8.26. The van der Waals surface area contributed by atoms with Crippen LogP contribution in [0.2, 0.25) is 0 Å². The van der Waals surface area contributed by atoms with E-state index in [0.29, 0.717) is 16.8 Å². The first-order chi connectivity index (χ1) is 14.2. The number of nitrogens with one attached hydrogen (secondary N) is 1. The minimum atomic E-state index is -0.478. The number of hydrogen-bond acceptors (Lipinski definition) is 5. The number of ether oxygens (including phenoxy) is 1. The van der Waals surface area contributed by atoms with Crippen molar-refractivity contribution in [2.75, 3.05) is 12.4 Å². The largest absolute Gasteiger partial charge is 0.465 e. The monoisotopic (exact) mass is 390 g/mol. The Hall–Kier alpha value is -3.48. The summed E-state index contributed by atoms with van der Waals surface area (Å²) in [5, 5.41) is 11.6. The molecule has 1 aromatic heterocycles. The van der Waals surface area contributed by atoms with Crippen LogP contribution in [0.1, 0.15) is 45.8 Å². The van der Waals surface area contributed by atoms with Crippen molar-refractivity contribution in [2.45, 2.75) is 32.2 Å². The summed E-state index contributed by atoms with van der Waals surface area (Å²) in [6, 6.07) is 14.0. The van der Waals surface area contributed by atoms with E-state index in [0.717, 1.165) is 43.0 Å². The van der Waals surface area contributed by atoms with Gasteiger partial charge in [-0.2, -0.15) is 0 Å². The number of aromatic nitrogens is 3. The molecule has 0 atom stereocenters. The molecular weight excluding hydrogens is 368 g/mol. The SMILES string of the molecule is COC(=O)c1cccc(C(=O)Nc2cccc(-c3nnc4n3CCCCC4)c2)c1. The van der Waals surface area contributed by atoms with Gasteiger partial charge in [0.2, 0.25) is 0 Å². The van der Waals surface area contributed by atoms with Gasteiger partial charge in [-0.25, -0.2) is 4.79 Å². The number of nitrogens with zero attached hydrogens (tertiary/aromatic N) is 3. The Balaban J connectivity index is 1.56. The molecule has 0 bridgehead atoms. The molecule has 4 rings (SSSR count). The van der Waals surface area contributed by atoms with E-state index in [1.165, 1.54) is 19.6 Å². The van der Waals surface area contributed by atoms with E-state index in [2.05, 4.69) is 20.1 Å². The van der Waals surface area contributed by atoms with Gasteiger partial charge in [0.15, 0.2) is 5.82 Å². The molecule has 2 heterocycles. The number of carbonyl (C=O) groups is 2. The fourth-order valence-corrected chi connectivity index (χ4v) is 3.54. The Morgan fingerprint density at radius 2 is 1.83 bits per heavy atom. The van der Waals surface area contributed by atoms with Crippen LogP contribution in [0.25, 0.3) is 11.4 Å². The van der Waals surface area contributed by atoms with E-state index in [4.69, 9.17) is 4.74 Å². The number of hydrogen-bond donors (Lipinski definition) is 1. The summed E-state index contributed by atoms with van der Waals surface area (Å²) >= 11 is 0. The van der Waals surface area contributed by atoms with Crippen molar-refractivity contribution < 1.29 is 14.3 Å². The summed E-state index contributed by atoms with van der Waals surface area (Å²) in [6.45, 7) is 0.911. The molecule has 0 radical (unpaired) electrons. The minimum absolute atomic E-state index is 0.298. The molecule has 1 amide bonds. The molecule has 0 aliphatic carbocycles. The second-order valence-electron chi connectivity index (χ2n) is 7.01. The average molecular weight is 390 g/mol. The van der Waals surface area contributed by atoms with Gasteiger partial charge in [-0.05, 0) is 43.2 Å². The summed E-state index contributed by atoms with van der Waals surface area (Å²) in [7, 11) is 1.31. The highest BCUT2D eigenvalue weighted by Crippen LogP contribution is 2.25. The van der Waals surface area contributed by atoms with E-state index in [1.54, 1.807) is 18.2 Å². The molecule has 1 aliphatic rings. The lowest BCUT2D eigenvalue weighted by Crippen LogP contribution is -2.13. The van der Waals surface area contributed by atoms with Crippen LogP contribution in [0.3, 0.4) is 0 Å². The molecule has 0 fully saturated rings. The first-order valence-corrected chi connectivity index (χ1v) is 9.68. The number of methoxy groups -OCH3 is 1. The Bertz CT molecular complexity index is 1060. The normalized spacial score (nSPS) is 13.3. The van der Waals surface area contributed by atoms with Crippen molar-refractivity contribution >= 4 is 17.6 Å². The maximum Gasteiger partial charge on any atom is 0.337 e. The molecule has 1 aliphatic heterocycles. The standard InChI is InChI=1S/C22H22N4O3/c1-29-22(28)17-9-5-8-16(13-17)21(27)23-18-10-6-7-15(14-18)20-25-24-19-11-3-2-4-12-26(19)20/h5-10,13-14H,2-4,11-12H2,1H3,(H,23,27). The van der Waals surface area contributed by atoms with E-state index in [9.17, 15) is 9.59 Å². The van der Waals surface area contributed by atoms with Gasteiger partial charge >= 0.3 is 5.97 Å². The summed E-state index contributed by atoms with van der Waals surface area (Å²) in [4.78, 5) is 24.4. The molecular formula is C22H22N4O3. The van der Waals surface area contributed by atoms with Crippen LogP contribution < -0.4 is 5.32 Å². The van der Waals surface area contributed by atoms with Crippen molar-refractivity contribution in [2.24, 2.45) is 0 Å². The quantitative estimate of drug-likeness (QED) is 0.687. The predicted octanol–water partition coefficient (Wildman–Crippen LogP) is 3.71. The molecule has 1 N–H and O–H groups in total. The summed E-state index contributed by atoms with van der Waals surface area (Å²) in [6.07, 6.45) is 4.40. The predicted molar refractivity (Wildman–Crippen MR) is 109 cm³/mol. The maximum absolute atomic E-state index is 12.7. The third-order valence-electron chi connectivity index (χ3n) is 5.03. The summed E-state index contributed by atoms with van der Waals surface area (Å²) < 4.78 is 6.89. The Labute approximate surface area is 168 Å². The van der Waals surface area contributed by atoms with E-state index in [1.807, 2.05) is 24.3 Å². The van der Waals surface area contributed by atoms with E-state index in [-0.39, 0.29) is 5.91 Å². The van der Waals surface area contributed by atoms with Gasteiger partial charge < -0.3 is 14.6 Å². The molecule has 29 heavy (non-hydrogen) atoms. The molecule has 0 spiro atoms. The molecule has 0 unspecified atom stereocenters. The zero-order valence-electron chi connectivity index (χ0n) is 16.2. The van der Waals surface area contributed by atoms with Crippen LogP contribution in [0.4, 0.5) is 5.69 Å². The number of anilines is 1. The van der Waals surface area contributed by atoms with E-state index >= 15 is 0 Å². The van der Waals surface area contributed by atoms with Crippen LogP contribution in [-0.4, -0.2) is 33.8 Å². The van der Waals surface area contributed by atoms with E-state index < -0.39 is 5.97 Å². The fraction of sp³-hybridized carbons (Fsp3) is 0.273. The van der Waals surface area contributed by atoms with Crippen molar-refractivity contribution in [1.82, 2.24) is 14.8 Å². The molecule has 3 aromatic rings. The highest BCUT2D eigenvalue weighted by molar-refractivity contribution is 6.05. The van der Waals surface area contributed by atoms with Gasteiger partial charge in [-0.15, -0.1) is 10.2 Å². The van der Waals surface area contributed by atoms with Crippen molar-refractivity contribution in [3.05, 3.63) is 65.5 Å². The lowest BCUT2D eigenvalue weighted by Gasteiger charge is -2.10. The zero-order valence-corrected chi connectivity index (χ0v) is 16.2. The number of rotatable bonds is 4. The Morgan fingerprint density at radius 3 is 2.69 bits per heavy atom. The smallest absolute Gasteiger partial charge is 0.337 e. The first kappa shape index (κ1) is 18.9. The third-order valence-corrected chi connectivity index (χ3v) is 5.03. The number of aryl methyl sites for hydroxylation is 1. The number of benzene rings is 2. The molecule has 7 nitrogen and oxygen atoms in total. The number of esters is 1. The lowest BCUT2D eigenvalue weighted by molar-refractivity contribution is 0.0600. The fourth-order valence-electron chi connectivity index (χ4n) is 3.54. The van der Waals surface area contributed by atoms with Gasteiger partial charge in [0, 0.05) is 29.8 Å². The molecule has 7 heteroatoms. The van der Waals surface area contributed by atoms with Crippen LogP contribution >= 0.6 is 0 Å². The topological polar surface area (TPSA) is 86.1 Å². The molecule has 0 saturated heterocycles. The Morgan fingerprint density at radius 1 is 1.00 bits per heavy atom. The number of fused-ring (bicyclic) bond motifs is 1. The third kappa shape index (κ3) is 4.03. The van der Waals surface area contributed by atoms with Crippen molar-refractivity contribution in [1.29, 1.82) is 0 Å².